The van der Waals surface area contributed by atoms with E-state index in [-0.39, 0.29) is 23.6 Å². The molecule has 4 nitrogen and oxygen atoms in total. The average Bonchev–Trinajstić information content (AvgIpc) is 3.11. The van der Waals surface area contributed by atoms with Crippen molar-refractivity contribution in [1.29, 1.82) is 0 Å². The molecule has 158 valence electrons. The third-order valence-electron chi connectivity index (χ3n) is 6.00. The summed E-state index contributed by atoms with van der Waals surface area (Å²) in [5.74, 6) is -0.614. The van der Waals surface area contributed by atoms with E-state index in [4.69, 9.17) is 0 Å². The molecule has 0 aliphatic carbocycles. The zero-order chi connectivity index (χ0) is 21.1. The predicted molar refractivity (Wildman–Crippen MR) is 115 cm³/mol. The Morgan fingerprint density at radius 3 is 2.50 bits per heavy atom. The molecule has 30 heavy (non-hydrogen) atoms. The second kappa shape index (κ2) is 8.96. The Labute approximate surface area is 175 Å². The van der Waals surface area contributed by atoms with Crippen molar-refractivity contribution in [3.63, 3.8) is 0 Å². The van der Waals surface area contributed by atoms with Gasteiger partial charge >= 0.3 is 0 Å². The van der Waals surface area contributed by atoms with E-state index in [0.29, 0.717) is 12.8 Å². The van der Waals surface area contributed by atoms with Crippen LogP contribution in [0.15, 0.2) is 42.5 Å². The number of hydrogen-bond donors (Lipinski definition) is 2. The summed E-state index contributed by atoms with van der Waals surface area (Å²) >= 11 is 0. The Kier molecular flexibility index (Phi) is 6.13. The normalized spacial score (nSPS) is 15.6. The van der Waals surface area contributed by atoms with Crippen LogP contribution < -0.4 is 5.32 Å². The SMILES string of the molecule is CCN1CCC(NC(=O)CCc2c(-c3ccc(F)cc3)[nH]c3ccc(F)cc23)CC1. The van der Waals surface area contributed by atoms with Crippen LogP contribution in [-0.4, -0.2) is 41.5 Å². The van der Waals surface area contributed by atoms with E-state index in [9.17, 15) is 13.6 Å². The molecule has 0 radical (unpaired) electrons. The number of H-pyrrole nitrogens is 1. The Balaban J connectivity index is 1.51. The molecule has 1 amide bonds. The van der Waals surface area contributed by atoms with Crippen LogP contribution in [0.25, 0.3) is 22.2 Å². The molecule has 0 atom stereocenters. The number of likely N-dealkylation sites (tertiary alicyclic amines) is 1. The third kappa shape index (κ3) is 4.54. The number of benzene rings is 2. The number of piperidine rings is 1. The number of rotatable bonds is 6. The zero-order valence-electron chi connectivity index (χ0n) is 17.2. The Hall–Kier alpha value is -2.73. The van der Waals surface area contributed by atoms with Crippen LogP contribution in [0.1, 0.15) is 31.7 Å². The number of halogens is 2. The first-order valence-electron chi connectivity index (χ1n) is 10.6. The monoisotopic (exact) mass is 411 g/mol. The minimum atomic E-state index is -0.319. The van der Waals surface area contributed by atoms with Gasteiger partial charge in [-0.1, -0.05) is 6.92 Å². The summed E-state index contributed by atoms with van der Waals surface area (Å²) < 4.78 is 27.3. The van der Waals surface area contributed by atoms with Gasteiger partial charge in [-0.2, -0.15) is 0 Å². The third-order valence-corrected chi connectivity index (χ3v) is 6.00. The van der Waals surface area contributed by atoms with Crippen LogP contribution in [-0.2, 0) is 11.2 Å². The maximum absolute atomic E-state index is 13.9. The molecule has 3 aromatic rings. The molecule has 1 aromatic heterocycles. The second-order valence-electron chi connectivity index (χ2n) is 7.95. The number of aromatic amines is 1. The van der Waals surface area contributed by atoms with Crippen LogP contribution in [0.2, 0.25) is 0 Å². The lowest BCUT2D eigenvalue weighted by molar-refractivity contribution is -0.122. The summed E-state index contributed by atoms with van der Waals surface area (Å²) in [7, 11) is 0. The van der Waals surface area contributed by atoms with E-state index in [1.165, 1.54) is 24.3 Å². The number of nitrogens with zero attached hydrogens (tertiary/aromatic N) is 1. The first-order valence-corrected chi connectivity index (χ1v) is 10.6. The van der Waals surface area contributed by atoms with Gasteiger partial charge in [-0.15, -0.1) is 0 Å². The van der Waals surface area contributed by atoms with Crippen LogP contribution in [0.3, 0.4) is 0 Å². The van der Waals surface area contributed by atoms with E-state index in [0.717, 1.165) is 60.2 Å². The first kappa shape index (κ1) is 20.5. The highest BCUT2D eigenvalue weighted by Crippen LogP contribution is 2.32. The summed E-state index contributed by atoms with van der Waals surface area (Å²) in [6.45, 7) is 5.22. The molecular weight excluding hydrogens is 384 g/mol. The van der Waals surface area contributed by atoms with Crippen molar-refractivity contribution in [1.82, 2.24) is 15.2 Å². The zero-order valence-corrected chi connectivity index (χ0v) is 17.2. The Bertz CT molecular complexity index is 1020. The van der Waals surface area contributed by atoms with Gasteiger partial charge in [-0.05, 0) is 79.4 Å². The van der Waals surface area contributed by atoms with Crippen molar-refractivity contribution in [3.05, 3.63) is 59.7 Å². The van der Waals surface area contributed by atoms with E-state index >= 15 is 0 Å². The summed E-state index contributed by atoms with van der Waals surface area (Å²) in [6.07, 6.45) is 2.75. The van der Waals surface area contributed by atoms with Crippen molar-refractivity contribution < 1.29 is 13.6 Å². The highest BCUT2D eigenvalue weighted by molar-refractivity contribution is 5.91. The quantitative estimate of drug-likeness (QED) is 0.621. The van der Waals surface area contributed by atoms with Gasteiger partial charge in [0.25, 0.3) is 0 Å². The van der Waals surface area contributed by atoms with Gasteiger partial charge in [0.05, 0.1) is 0 Å². The van der Waals surface area contributed by atoms with Gasteiger partial charge in [-0.25, -0.2) is 8.78 Å². The van der Waals surface area contributed by atoms with Gasteiger partial charge in [0, 0.05) is 42.1 Å². The maximum Gasteiger partial charge on any atom is 0.220 e. The van der Waals surface area contributed by atoms with E-state index in [1.807, 2.05) is 0 Å². The van der Waals surface area contributed by atoms with Crippen molar-refractivity contribution in [2.24, 2.45) is 0 Å². The van der Waals surface area contributed by atoms with Crippen molar-refractivity contribution >= 4 is 16.8 Å². The highest BCUT2D eigenvalue weighted by Gasteiger charge is 2.20. The molecule has 1 aliphatic heterocycles. The molecule has 2 aromatic carbocycles. The van der Waals surface area contributed by atoms with Gasteiger partial charge in [0.15, 0.2) is 0 Å². The molecule has 0 spiro atoms. The van der Waals surface area contributed by atoms with Crippen molar-refractivity contribution in [2.45, 2.75) is 38.6 Å². The molecule has 0 saturated carbocycles. The van der Waals surface area contributed by atoms with Gasteiger partial charge in [0.2, 0.25) is 5.91 Å². The van der Waals surface area contributed by atoms with E-state index in [2.05, 4.69) is 22.1 Å². The summed E-state index contributed by atoms with van der Waals surface area (Å²) in [5.41, 5.74) is 3.31. The molecule has 1 aliphatic rings. The van der Waals surface area contributed by atoms with Crippen LogP contribution in [0.4, 0.5) is 8.78 Å². The standard InChI is InChI=1S/C24H27F2N3O/c1-2-29-13-11-19(12-14-29)27-23(30)10-8-20-21-15-18(26)7-9-22(21)28-24(20)16-3-5-17(25)6-4-16/h3-7,9,15,19,28H,2,8,10-14H2,1H3,(H,27,30). The van der Waals surface area contributed by atoms with Crippen LogP contribution in [0.5, 0.6) is 0 Å². The van der Waals surface area contributed by atoms with Gasteiger partial charge in [-0.3, -0.25) is 4.79 Å². The lowest BCUT2D eigenvalue weighted by Gasteiger charge is -2.31. The fraction of sp³-hybridized carbons (Fsp3) is 0.375. The molecule has 2 heterocycles. The second-order valence-corrected chi connectivity index (χ2v) is 7.95. The topological polar surface area (TPSA) is 48.1 Å². The lowest BCUT2D eigenvalue weighted by Crippen LogP contribution is -2.44. The fourth-order valence-electron chi connectivity index (χ4n) is 4.27. The van der Waals surface area contributed by atoms with E-state index in [1.54, 1.807) is 18.2 Å². The predicted octanol–water partition coefficient (Wildman–Crippen LogP) is 4.65. The smallest absolute Gasteiger partial charge is 0.220 e. The molecule has 6 heteroatoms. The summed E-state index contributed by atoms with van der Waals surface area (Å²) in [6, 6.07) is 11.0. The first-order chi connectivity index (χ1) is 14.5. The Morgan fingerprint density at radius 2 is 1.80 bits per heavy atom. The number of aryl methyl sites for hydroxylation is 1. The number of aromatic nitrogens is 1. The molecular formula is C24H27F2N3O. The molecule has 0 bridgehead atoms. The molecule has 0 unspecified atom stereocenters. The number of amides is 1. The number of carbonyl (C=O) groups is 1. The Morgan fingerprint density at radius 1 is 1.10 bits per heavy atom. The van der Waals surface area contributed by atoms with Crippen molar-refractivity contribution in [3.8, 4) is 11.3 Å². The molecule has 1 fully saturated rings. The maximum atomic E-state index is 13.9. The highest BCUT2D eigenvalue weighted by atomic mass is 19.1. The average molecular weight is 411 g/mol. The number of carbonyl (C=O) groups excluding carboxylic acids is 1. The largest absolute Gasteiger partial charge is 0.354 e. The van der Waals surface area contributed by atoms with Crippen molar-refractivity contribution in [2.75, 3.05) is 19.6 Å². The molecule has 4 rings (SSSR count). The minimum absolute atomic E-state index is 0.0146. The van der Waals surface area contributed by atoms with Crippen LogP contribution in [0, 0.1) is 11.6 Å². The number of fused-ring (bicyclic) bond motifs is 1. The molecule has 1 saturated heterocycles. The van der Waals surface area contributed by atoms with Crippen LogP contribution >= 0.6 is 0 Å². The van der Waals surface area contributed by atoms with Gasteiger partial charge < -0.3 is 15.2 Å². The lowest BCUT2D eigenvalue weighted by atomic mass is 10.00. The number of nitrogens with one attached hydrogen (secondary N) is 2. The number of hydrogen-bond acceptors (Lipinski definition) is 2. The van der Waals surface area contributed by atoms with Gasteiger partial charge in [0.1, 0.15) is 11.6 Å². The summed E-state index contributed by atoms with van der Waals surface area (Å²) in [5, 5.41) is 3.92. The fourth-order valence-corrected chi connectivity index (χ4v) is 4.27. The minimum Gasteiger partial charge on any atom is -0.354 e. The van der Waals surface area contributed by atoms with E-state index < -0.39 is 0 Å². The molecule has 2 N–H and O–H groups in total. The summed E-state index contributed by atoms with van der Waals surface area (Å²) in [4.78, 5) is 18.3.